The average Bonchev–Trinajstić information content (AvgIpc) is 2.85. The van der Waals surface area contributed by atoms with Crippen molar-refractivity contribution < 1.29 is 4.79 Å². The molecule has 0 aromatic carbocycles. The summed E-state index contributed by atoms with van der Waals surface area (Å²) in [5, 5.41) is 3.19. The lowest BCUT2D eigenvalue weighted by Crippen LogP contribution is -2.31. The largest absolute Gasteiger partial charge is 0.343 e. The Kier molecular flexibility index (Phi) is 6.30. The van der Waals surface area contributed by atoms with Crippen molar-refractivity contribution in [2.45, 2.75) is 51.3 Å². The zero-order chi connectivity index (χ0) is 14.4. The lowest BCUT2D eigenvalue weighted by atomic mass is 10.0. The van der Waals surface area contributed by atoms with E-state index in [0.717, 1.165) is 62.3 Å². The molecule has 1 fully saturated rings. The van der Waals surface area contributed by atoms with E-state index in [-0.39, 0.29) is 0 Å². The molecular formula is C15H23ClN2OS. The van der Waals surface area contributed by atoms with Crippen LogP contribution in [0.5, 0.6) is 0 Å². The van der Waals surface area contributed by atoms with Gasteiger partial charge in [-0.25, -0.2) is 4.98 Å². The van der Waals surface area contributed by atoms with Crippen molar-refractivity contribution in [3.05, 3.63) is 16.1 Å². The maximum atomic E-state index is 12.0. The summed E-state index contributed by atoms with van der Waals surface area (Å²) in [5.41, 5.74) is 0.975. The number of carbonyl (C=O) groups is 1. The molecule has 20 heavy (non-hydrogen) atoms. The van der Waals surface area contributed by atoms with Gasteiger partial charge in [-0.05, 0) is 38.0 Å². The second-order valence-electron chi connectivity index (χ2n) is 5.64. The fourth-order valence-electron chi connectivity index (χ4n) is 2.51. The molecule has 0 spiro atoms. The zero-order valence-electron chi connectivity index (χ0n) is 12.1. The summed E-state index contributed by atoms with van der Waals surface area (Å²) in [6.45, 7) is 4.08. The van der Waals surface area contributed by atoms with Gasteiger partial charge < -0.3 is 4.90 Å². The Morgan fingerprint density at radius 3 is 3.05 bits per heavy atom. The number of halogens is 1. The van der Waals surface area contributed by atoms with Gasteiger partial charge in [-0.1, -0.05) is 6.92 Å². The van der Waals surface area contributed by atoms with Crippen LogP contribution < -0.4 is 0 Å². The van der Waals surface area contributed by atoms with Gasteiger partial charge in [0.05, 0.1) is 16.6 Å². The number of hydrogen-bond acceptors (Lipinski definition) is 3. The average molecular weight is 315 g/mol. The van der Waals surface area contributed by atoms with Crippen LogP contribution in [0.25, 0.3) is 0 Å². The molecule has 0 aliphatic carbocycles. The van der Waals surface area contributed by atoms with Crippen LogP contribution >= 0.6 is 22.9 Å². The summed E-state index contributed by atoms with van der Waals surface area (Å²) in [6.07, 6.45) is 6.09. The fourth-order valence-corrected chi connectivity index (χ4v) is 3.58. The van der Waals surface area contributed by atoms with Crippen LogP contribution in [0.15, 0.2) is 5.38 Å². The van der Waals surface area contributed by atoms with Gasteiger partial charge in [0.2, 0.25) is 5.91 Å². The van der Waals surface area contributed by atoms with E-state index in [0.29, 0.717) is 17.7 Å². The van der Waals surface area contributed by atoms with E-state index in [1.807, 2.05) is 5.38 Å². The van der Waals surface area contributed by atoms with Gasteiger partial charge in [-0.2, -0.15) is 0 Å². The van der Waals surface area contributed by atoms with Crippen LogP contribution in [0.4, 0.5) is 0 Å². The quantitative estimate of drug-likeness (QED) is 0.590. The van der Waals surface area contributed by atoms with E-state index in [1.54, 1.807) is 11.3 Å². The van der Waals surface area contributed by atoms with Crippen LogP contribution in [0.2, 0.25) is 0 Å². The lowest BCUT2D eigenvalue weighted by Gasteiger charge is -2.20. The van der Waals surface area contributed by atoms with Crippen LogP contribution in [0, 0.1) is 5.92 Å². The second-order valence-corrected chi connectivity index (χ2v) is 6.85. The Labute approximate surface area is 130 Å². The van der Waals surface area contributed by atoms with Crippen molar-refractivity contribution in [1.29, 1.82) is 0 Å². The first-order valence-electron chi connectivity index (χ1n) is 7.46. The van der Waals surface area contributed by atoms with Gasteiger partial charge in [0.15, 0.2) is 0 Å². The molecule has 0 N–H and O–H groups in total. The summed E-state index contributed by atoms with van der Waals surface area (Å²) in [5.74, 6) is 1.53. The number of hydrogen-bond donors (Lipinski definition) is 0. The summed E-state index contributed by atoms with van der Waals surface area (Å²) < 4.78 is 0. The second kappa shape index (κ2) is 7.99. The van der Waals surface area contributed by atoms with Crippen LogP contribution in [0.1, 0.15) is 49.7 Å². The van der Waals surface area contributed by atoms with E-state index >= 15 is 0 Å². The minimum Gasteiger partial charge on any atom is -0.343 e. The van der Waals surface area contributed by atoms with E-state index in [1.165, 1.54) is 0 Å². The SMILES string of the molecule is CC1CCC(=O)N(CCCCc2nc(CCl)cs2)CC1. The monoisotopic (exact) mass is 314 g/mol. The van der Waals surface area contributed by atoms with Gasteiger partial charge >= 0.3 is 0 Å². The van der Waals surface area contributed by atoms with E-state index in [4.69, 9.17) is 11.6 Å². The molecule has 0 bridgehead atoms. The fraction of sp³-hybridized carbons (Fsp3) is 0.733. The van der Waals surface area contributed by atoms with Crippen LogP contribution in [-0.4, -0.2) is 28.9 Å². The zero-order valence-corrected chi connectivity index (χ0v) is 13.7. The number of likely N-dealkylation sites (tertiary alicyclic amines) is 1. The number of nitrogens with zero attached hydrogens (tertiary/aromatic N) is 2. The molecule has 1 aliphatic rings. The number of rotatable bonds is 6. The Morgan fingerprint density at radius 2 is 2.30 bits per heavy atom. The minimum atomic E-state index is 0.341. The topological polar surface area (TPSA) is 33.2 Å². The number of aryl methyl sites for hydroxylation is 1. The third kappa shape index (κ3) is 4.74. The highest BCUT2D eigenvalue weighted by molar-refractivity contribution is 7.09. The maximum Gasteiger partial charge on any atom is 0.222 e. The molecule has 1 aliphatic heterocycles. The number of alkyl halides is 1. The van der Waals surface area contributed by atoms with Crippen molar-refractivity contribution in [3.8, 4) is 0 Å². The first kappa shape index (κ1) is 15.8. The number of thiazole rings is 1. The molecule has 3 nitrogen and oxygen atoms in total. The Balaban J connectivity index is 1.68. The maximum absolute atomic E-state index is 12.0. The molecule has 2 heterocycles. The number of carbonyl (C=O) groups excluding carboxylic acids is 1. The van der Waals surface area contributed by atoms with E-state index < -0.39 is 0 Å². The highest BCUT2D eigenvalue weighted by Gasteiger charge is 2.19. The molecule has 1 unspecified atom stereocenters. The van der Waals surface area contributed by atoms with Gasteiger partial charge in [0.1, 0.15) is 0 Å². The van der Waals surface area contributed by atoms with Gasteiger partial charge in [-0.3, -0.25) is 4.79 Å². The van der Waals surface area contributed by atoms with Crippen LogP contribution in [0.3, 0.4) is 0 Å². The van der Waals surface area contributed by atoms with Crippen molar-refractivity contribution >= 4 is 28.8 Å². The third-order valence-electron chi connectivity index (χ3n) is 3.90. The van der Waals surface area contributed by atoms with Crippen LogP contribution in [-0.2, 0) is 17.1 Å². The van der Waals surface area contributed by atoms with Gasteiger partial charge in [0, 0.05) is 24.9 Å². The van der Waals surface area contributed by atoms with Crippen molar-refractivity contribution in [2.24, 2.45) is 5.92 Å². The predicted octanol–water partition coefficient (Wildman–Crippen LogP) is 3.85. The van der Waals surface area contributed by atoms with Gasteiger partial charge in [0.25, 0.3) is 0 Å². The highest BCUT2D eigenvalue weighted by Crippen LogP contribution is 2.18. The summed E-state index contributed by atoms with van der Waals surface area (Å²) >= 11 is 7.43. The molecular weight excluding hydrogens is 292 g/mol. The Hall–Kier alpha value is -0.610. The molecule has 1 aromatic rings. The molecule has 1 amide bonds. The normalized spacial score (nSPS) is 20.2. The molecule has 1 aromatic heterocycles. The van der Waals surface area contributed by atoms with E-state index in [9.17, 15) is 4.79 Å². The summed E-state index contributed by atoms with van der Waals surface area (Å²) in [7, 11) is 0. The number of unbranched alkanes of at least 4 members (excludes halogenated alkanes) is 1. The molecule has 5 heteroatoms. The number of aromatic nitrogens is 1. The third-order valence-corrected chi connectivity index (χ3v) is 5.13. The lowest BCUT2D eigenvalue weighted by molar-refractivity contribution is -0.130. The van der Waals surface area contributed by atoms with E-state index in [2.05, 4.69) is 16.8 Å². The first-order valence-corrected chi connectivity index (χ1v) is 8.87. The van der Waals surface area contributed by atoms with Gasteiger partial charge in [-0.15, -0.1) is 22.9 Å². The van der Waals surface area contributed by atoms with Crippen molar-refractivity contribution in [3.63, 3.8) is 0 Å². The molecule has 1 saturated heterocycles. The Bertz CT molecular complexity index is 435. The summed E-state index contributed by atoms with van der Waals surface area (Å²) in [6, 6.07) is 0. The Morgan fingerprint density at radius 1 is 1.45 bits per heavy atom. The predicted molar refractivity (Wildman–Crippen MR) is 84.2 cm³/mol. The minimum absolute atomic E-state index is 0.341. The van der Waals surface area contributed by atoms with Crippen molar-refractivity contribution in [1.82, 2.24) is 9.88 Å². The smallest absolute Gasteiger partial charge is 0.222 e. The molecule has 112 valence electrons. The van der Waals surface area contributed by atoms with Crippen molar-refractivity contribution in [2.75, 3.05) is 13.1 Å². The molecule has 2 rings (SSSR count). The molecule has 0 radical (unpaired) electrons. The highest BCUT2D eigenvalue weighted by atomic mass is 35.5. The molecule has 0 saturated carbocycles. The number of amides is 1. The first-order chi connectivity index (χ1) is 9.69. The molecule has 1 atom stereocenters. The summed E-state index contributed by atoms with van der Waals surface area (Å²) in [4.78, 5) is 18.5. The standard InChI is InChI=1S/C15H23ClN2OS/c1-12-5-6-15(19)18(9-7-12)8-3-2-4-14-17-13(10-16)11-20-14/h11-12H,2-10H2,1H3.